The normalized spacial score (nSPS) is 23.7. The van der Waals surface area contributed by atoms with Crippen molar-refractivity contribution < 1.29 is 13.7 Å². The first kappa shape index (κ1) is 12.9. The summed E-state index contributed by atoms with van der Waals surface area (Å²) in [6.45, 7) is 2.12. The Balaban J connectivity index is 2.45. The number of benzene rings is 1. The van der Waals surface area contributed by atoms with Gasteiger partial charge in [-0.3, -0.25) is 4.79 Å². The Kier molecular flexibility index (Phi) is 3.56. The van der Waals surface area contributed by atoms with Gasteiger partial charge in [0.15, 0.2) is 0 Å². The Bertz CT molecular complexity index is 559. The first-order valence-electron chi connectivity index (χ1n) is 5.78. The molecule has 98 valence electrons. The van der Waals surface area contributed by atoms with Crippen LogP contribution in [0.3, 0.4) is 0 Å². The van der Waals surface area contributed by atoms with Gasteiger partial charge in [0.05, 0.1) is 19.3 Å². The average molecular weight is 268 g/mol. The van der Waals surface area contributed by atoms with Crippen LogP contribution in [0.5, 0.6) is 5.75 Å². The zero-order valence-corrected chi connectivity index (χ0v) is 11.3. The molecule has 1 amide bonds. The van der Waals surface area contributed by atoms with Gasteiger partial charge in [0, 0.05) is 12.2 Å². The van der Waals surface area contributed by atoms with Crippen LogP contribution in [0.1, 0.15) is 13.3 Å². The number of hydrogen-bond donors (Lipinski definition) is 0. The molecule has 1 aromatic rings. The van der Waals surface area contributed by atoms with E-state index >= 15 is 0 Å². The average Bonchev–Trinajstić information content (AvgIpc) is 2.39. The summed E-state index contributed by atoms with van der Waals surface area (Å²) in [6, 6.07) is 6.94. The Hall–Kier alpha value is -1.56. The van der Waals surface area contributed by atoms with Gasteiger partial charge in [-0.2, -0.15) is 0 Å². The summed E-state index contributed by atoms with van der Waals surface area (Å²) in [7, 11) is -1.05. The minimum atomic E-state index is -2.62. The number of anilines is 1. The monoisotopic (exact) mass is 268 g/mol. The van der Waals surface area contributed by atoms with Crippen molar-refractivity contribution in [2.75, 3.05) is 23.7 Å². The molecule has 0 radical (unpaired) electrons. The smallest absolute Gasteiger partial charge is 0.241 e. The highest BCUT2D eigenvalue weighted by Crippen LogP contribution is 2.26. The Morgan fingerprint density at radius 1 is 1.39 bits per heavy atom. The van der Waals surface area contributed by atoms with Crippen LogP contribution in [0, 0.1) is 0 Å². The molecule has 1 unspecified atom stereocenters. The summed E-state index contributed by atoms with van der Waals surface area (Å²) < 4.78 is 23.1. The Labute approximate surface area is 107 Å². The molecule has 1 atom stereocenters. The summed E-state index contributed by atoms with van der Waals surface area (Å²) in [5.41, 5.74) is 0.608. The number of hydrogen-bond acceptors (Lipinski definition) is 4. The lowest BCUT2D eigenvalue weighted by atomic mass is 10.3. The lowest BCUT2D eigenvalue weighted by molar-refractivity contribution is -0.117. The van der Waals surface area contributed by atoms with E-state index < -0.39 is 9.92 Å². The van der Waals surface area contributed by atoms with Gasteiger partial charge >= 0.3 is 0 Å². The molecule has 0 bridgehead atoms. The summed E-state index contributed by atoms with van der Waals surface area (Å²) in [4.78, 5) is 12.0. The third-order valence-corrected chi connectivity index (χ3v) is 5.14. The fourth-order valence-electron chi connectivity index (χ4n) is 1.85. The predicted molar refractivity (Wildman–Crippen MR) is 71.1 cm³/mol. The van der Waals surface area contributed by atoms with Gasteiger partial charge in [0.2, 0.25) is 5.91 Å². The first-order chi connectivity index (χ1) is 8.60. The van der Waals surface area contributed by atoms with E-state index in [1.54, 1.807) is 38.3 Å². The van der Waals surface area contributed by atoms with Crippen molar-refractivity contribution in [2.45, 2.75) is 13.3 Å². The number of methoxy groups -OCH3 is 1. The second-order valence-corrected chi connectivity index (χ2v) is 6.30. The van der Waals surface area contributed by atoms with E-state index in [2.05, 4.69) is 4.36 Å². The van der Waals surface area contributed by atoms with Crippen LogP contribution < -0.4 is 9.04 Å². The van der Waals surface area contributed by atoms with Gasteiger partial charge in [-0.15, -0.1) is 0 Å². The van der Waals surface area contributed by atoms with Gasteiger partial charge in [0.1, 0.15) is 15.7 Å². The lowest BCUT2D eigenvalue weighted by Gasteiger charge is -2.28. The molecular weight excluding hydrogens is 252 g/mol. The molecule has 0 spiro atoms. The number of carbonyl (C=O) groups excluding carboxylic acids is 1. The summed E-state index contributed by atoms with van der Waals surface area (Å²) in [6.07, 6.45) is 0.309. The number of carbonyl (C=O) groups is 1. The highest BCUT2D eigenvalue weighted by atomic mass is 32.2. The fraction of sp³-hybridized carbons (Fsp3) is 0.417. The number of rotatable bonds is 3. The van der Waals surface area contributed by atoms with Crippen molar-refractivity contribution in [3.8, 4) is 5.75 Å². The van der Waals surface area contributed by atoms with E-state index in [9.17, 15) is 9.00 Å². The van der Waals surface area contributed by atoms with Crippen LogP contribution in [-0.2, 0) is 14.7 Å². The summed E-state index contributed by atoms with van der Waals surface area (Å²) >= 11 is 0. The number of nitrogens with zero attached hydrogens (tertiary/aromatic N) is 2. The van der Waals surface area contributed by atoms with Gasteiger partial charge in [-0.1, -0.05) is 6.92 Å². The van der Waals surface area contributed by atoms with E-state index in [-0.39, 0.29) is 5.91 Å². The second kappa shape index (κ2) is 4.97. The van der Waals surface area contributed by atoms with Crippen LogP contribution in [0.4, 0.5) is 5.69 Å². The van der Waals surface area contributed by atoms with Crippen molar-refractivity contribution in [2.24, 2.45) is 4.36 Å². The molecule has 5 nitrogen and oxygen atoms in total. The molecule has 18 heavy (non-hydrogen) atoms. The van der Waals surface area contributed by atoms with Crippen LogP contribution in [0.25, 0.3) is 0 Å². The maximum atomic E-state index is 12.6. The SMILES string of the molecule is CCS1(=O)=NCCC(=O)N1c1ccc(OC)cc1. The summed E-state index contributed by atoms with van der Waals surface area (Å²) in [5.74, 6) is 0.898. The maximum Gasteiger partial charge on any atom is 0.241 e. The molecule has 1 aliphatic heterocycles. The van der Waals surface area contributed by atoms with Crippen LogP contribution >= 0.6 is 0 Å². The van der Waals surface area contributed by atoms with Crippen molar-refractivity contribution in [1.82, 2.24) is 0 Å². The molecule has 1 aliphatic rings. The maximum absolute atomic E-state index is 12.6. The molecule has 1 aromatic carbocycles. The fourth-order valence-corrected chi connectivity index (χ4v) is 3.64. The standard InChI is InChI=1S/C12H16N2O3S/c1-3-18(16)13-9-8-12(15)14(18)10-4-6-11(17-2)7-5-10/h4-7H,3,8-9H2,1-2H3. The van der Waals surface area contributed by atoms with Crippen LogP contribution in [0.2, 0.25) is 0 Å². The van der Waals surface area contributed by atoms with Crippen molar-refractivity contribution in [3.63, 3.8) is 0 Å². The molecule has 0 fully saturated rings. The van der Waals surface area contributed by atoms with Gasteiger partial charge in [-0.25, -0.2) is 12.9 Å². The molecule has 0 aliphatic carbocycles. The van der Waals surface area contributed by atoms with Crippen molar-refractivity contribution >= 4 is 21.5 Å². The minimum absolute atomic E-state index is 0.137. The molecule has 6 heteroatoms. The molecule has 0 N–H and O–H groups in total. The van der Waals surface area contributed by atoms with Crippen LogP contribution in [0.15, 0.2) is 28.6 Å². The largest absolute Gasteiger partial charge is 0.497 e. The molecule has 0 aromatic heterocycles. The summed E-state index contributed by atoms with van der Waals surface area (Å²) in [5, 5.41) is 0. The Morgan fingerprint density at radius 2 is 2.06 bits per heavy atom. The van der Waals surface area contributed by atoms with Crippen LogP contribution in [-0.4, -0.2) is 29.5 Å². The third kappa shape index (κ3) is 2.20. The number of amides is 1. The van der Waals surface area contributed by atoms with E-state index in [1.807, 2.05) is 0 Å². The van der Waals surface area contributed by atoms with E-state index in [4.69, 9.17) is 4.74 Å². The van der Waals surface area contributed by atoms with Crippen molar-refractivity contribution in [3.05, 3.63) is 24.3 Å². The Morgan fingerprint density at radius 3 is 2.61 bits per heavy atom. The van der Waals surface area contributed by atoms with Gasteiger partial charge in [0.25, 0.3) is 0 Å². The van der Waals surface area contributed by atoms with E-state index in [0.29, 0.717) is 30.2 Å². The number of ether oxygens (including phenoxy) is 1. The highest BCUT2D eigenvalue weighted by Gasteiger charge is 2.29. The van der Waals surface area contributed by atoms with E-state index in [1.165, 1.54) is 4.31 Å². The third-order valence-electron chi connectivity index (χ3n) is 2.81. The molecule has 0 saturated heterocycles. The first-order valence-corrected chi connectivity index (χ1v) is 7.42. The second-order valence-electron chi connectivity index (χ2n) is 3.88. The van der Waals surface area contributed by atoms with E-state index in [0.717, 1.165) is 0 Å². The predicted octanol–water partition coefficient (Wildman–Crippen LogP) is 1.83. The van der Waals surface area contributed by atoms with Gasteiger partial charge < -0.3 is 4.74 Å². The zero-order chi connectivity index (χ0) is 13.2. The van der Waals surface area contributed by atoms with Gasteiger partial charge in [-0.05, 0) is 24.3 Å². The zero-order valence-electron chi connectivity index (χ0n) is 10.5. The van der Waals surface area contributed by atoms with Crippen molar-refractivity contribution in [1.29, 1.82) is 0 Å². The molecule has 0 saturated carbocycles. The lowest BCUT2D eigenvalue weighted by Crippen LogP contribution is -2.41. The quantitative estimate of drug-likeness (QED) is 0.840. The highest BCUT2D eigenvalue weighted by molar-refractivity contribution is 7.95. The molecular formula is C12H16N2O3S. The molecule has 1 heterocycles. The minimum Gasteiger partial charge on any atom is -0.497 e. The molecule has 2 rings (SSSR count). The topological polar surface area (TPSA) is 59.0 Å².